The van der Waals surface area contributed by atoms with Crippen molar-refractivity contribution in [2.24, 2.45) is 0 Å². The Bertz CT molecular complexity index is 164. The first kappa shape index (κ1) is 11.3. The first-order chi connectivity index (χ1) is 6.79. The highest BCUT2D eigenvalue weighted by Gasteiger charge is 2.18. The third kappa shape index (κ3) is 2.89. The van der Waals surface area contributed by atoms with Crippen molar-refractivity contribution >= 4 is 6.03 Å². The van der Waals surface area contributed by atoms with Gasteiger partial charge >= 0.3 is 6.03 Å². The van der Waals surface area contributed by atoms with Crippen molar-refractivity contribution in [1.82, 2.24) is 9.80 Å². The molecule has 1 saturated heterocycles. The summed E-state index contributed by atoms with van der Waals surface area (Å²) in [5.41, 5.74) is 0. The Hall–Kier alpha value is -0.730. The van der Waals surface area contributed by atoms with Gasteiger partial charge in [-0.1, -0.05) is 12.8 Å². The lowest BCUT2D eigenvalue weighted by atomic mass is 10.2. The number of carbonyl (C=O) groups excluding carboxylic acids is 1. The van der Waals surface area contributed by atoms with Crippen LogP contribution >= 0.6 is 0 Å². The predicted molar refractivity (Wildman–Crippen MR) is 58.4 cm³/mol. The molecule has 0 aromatic heterocycles. The van der Waals surface area contributed by atoms with Crippen molar-refractivity contribution < 1.29 is 4.79 Å². The molecule has 3 heteroatoms. The van der Waals surface area contributed by atoms with Gasteiger partial charge < -0.3 is 9.80 Å². The highest BCUT2D eigenvalue weighted by atomic mass is 16.2. The third-order valence-corrected chi connectivity index (χ3v) is 2.91. The van der Waals surface area contributed by atoms with E-state index in [0.29, 0.717) is 0 Å². The smallest absolute Gasteiger partial charge is 0.319 e. The molecule has 1 heterocycles. The molecule has 1 aliphatic heterocycles. The van der Waals surface area contributed by atoms with Gasteiger partial charge in [0.15, 0.2) is 0 Å². The fourth-order valence-corrected chi connectivity index (χ4v) is 1.94. The zero-order valence-corrected chi connectivity index (χ0v) is 9.46. The van der Waals surface area contributed by atoms with Gasteiger partial charge in [0.2, 0.25) is 0 Å². The van der Waals surface area contributed by atoms with Crippen LogP contribution in [0.1, 0.15) is 39.5 Å². The van der Waals surface area contributed by atoms with E-state index in [1.807, 2.05) is 9.80 Å². The SMILES string of the molecule is CCN1CCCCCCN(CC)C1=O. The fourth-order valence-electron chi connectivity index (χ4n) is 1.94. The zero-order valence-electron chi connectivity index (χ0n) is 9.46. The van der Waals surface area contributed by atoms with Gasteiger partial charge in [-0.2, -0.15) is 0 Å². The van der Waals surface area contributed by atoms with Crippen LogP contribution < -0.4 is 0 Å². The Morgan fingerprint density at radius 3 is 1.71 bits per heavy atom. The van der Waals surface area contributed by atoms with Crippen LogP contribution in [-0.2, 0) is 0 Å². The number of urea groups is 1. The first-order valence-corrected chi connectivity index (χ1v) is 5.83. The number of amides is 2. The highest BCUT2D eigenvalue weighted by molar-refractivity contribution is 5.74. The first-order valence-electron chi connectivity index (χ1n) is 5.83. The molecule has 0 spiro atoms. The average molecular weight is 198 g/mol. The summed E-state index contributed by atoms with van der Waals surface area (Å²) in [7, 11) is 0. The molecule has 14 heavy (non-hydrogen) atoms. The molecule has 1 rings (SSSR count). The largest absolute Gasteiger partial charge is 0.325 e. The minimum atomic E-state index is 0.233. The Morgan fingerprint density at radius 2 is 1.36 bits per heavy atom. The number of hydrogen-bond donors (Lipinski definition) is 0. The van der Waals surface area contributed by atoms with Crippen LogP contribution in [-0.4, -0.2) is 42.0 Å². The van der Waals surface area contributed by atoms with E-state index in [1.54, 1.807) is 0 Å². The molecule has 1 aliphatic rings. The molecule has 0 bridgehead atoms. The fraction of sp³-hybridized carbons (Fsp3) is 0.909. The molecule has 0 N–H and O–H groups in total. The van der Waals surface area contributed by atoms with E-state index < -0.39 is 0 Å². The summed E-state index contributed by atoms with van der Waals surface area (Å²) in [6, 6.07) is 0.233. The van der Waals surface area contributed by atoms with Crippen LogP contribution in [0.25, 0.3) is 0 Å². The van der Waals surface area contributed by atoms with E-state index in [4.69, 9.17) is 0 Å². The Balaban J connectivity index is 2.60. The molecule has 2 amide bonds. The molecule has 82 valence electrons. The lowest BCUT2D eigenvalue weighted by Crippen LogP contribution is -2.43. The lowest BCUT2D eigenvalue weighted by Gasteiger charge is -2.28. The molecule has 0 radical (unpaired) electrons. The van der Waals surface area contributed by atoms with Crippen LogP contribution in [0.5, 0.6) is 0 Å². The predicted octanol–water partition coefficient (Wildman–Crippen LogP) is 2.32. The van der Waals surface area contributed by atoms with E-state index in [0.717, 1.165) is 39.0 Å². The monoisotopic (exact) mass is 198 g/mol. The van der Waals surface area contributed by atoms with Crippen LogP contribution in [0, 0.1) is 0 Å². The van der Waals surface area contributed by atoms with Gasteiger partial charge in [-0.3, -0.25) is 0 Å². The third-order valence-electron chi connectivity index (χ3n) is 2.91. The van der Waals surface area contributed by atoms with Crippen molar-refractivity contribution in [3.63, 3.8) is 0 Å². The van der Waals surface area contributed by atoms with Gasteiger partial charge in [0, 0.05) is 26.2 Å². The van der Waals surface area contributed by atoms with E-state index in [1.165, 1.54) is 12.8 Å². The summed E-state index contributed by atoms with van der Waals surface area (Å²) in [5.74, 6) is 0. The molecule has 0 aliphatic carbocycles. The second-order valence-electron chi connectivity index (χ2n) is 3.86. The summed E-state index contributed by atoms with van der Waals surface area (Å²) in [6.45, 7) is 7.68. The van der Waals surface area contributed by atoms with Gasteiger partial charge in [0.1, 0.15) is 0 Å². The average Bonchev–Trinajstić information content (AvgIpc) is 2.29. The summed E-state index contributed by atoms with van der Waals surface area (Å²) in [5, 5.41) is 0. The number of rotatable bonds is 2. The van der Waals surface area contributed by atoms with Crippen LogP contribution in [0.15, 0.2) is 0 Å². The standard InChI is InChI=1S/C11H22N2O/c1-3-12-9-7-5-6-8-10-13(4-2)11(12)14/h3-10H2,1-2H3. The maximum Gasteiger partial charge on any atom is 0.319 e. The van der Waals surface area contributed by atoms with Crippen LogP contribution in [0.2, 0.25) is 0 Å². The summed E-state index contributed by atoms with van der Waals surface area (Å²) >= 11 is 0. The minimum Gasteiger partial charge on any atom is -0.325 e. The molecular formula is C11H22N2O. The van der Waals surface area contributed by atoms with Crippen molar-refractivity contribution in [3.8, 4) is 0 Å². The van der Waals surface area contributed by atoms with E-state index >= 15 is 0 Å². The molecule has 0 aromatic rings. The molecule has 0 unspecified atom stereocenters. The molecule has 0 saturated carbocycles. The summed E-state index contributed by atoms with van der Waals surface area (Å²) in [4.78, 5) is 15.9. The highest BCUT2D eigenvalue weighted by Crippen LogP contribution is 2.10. The second kappa shape index (κ2) is 5.89. The molecule has 0 aromatic carbocycles. The number of carbonyl (C=O) groups is 1. The Labute approximate surface area is 87.1 Å². The Kier molecular flexibility index (Phi) is 4.77. The topological polar surface area (TPSA) is 23.6 Å². The van der Waals surface area contributed by atoms with Gasteiger partial charge in [-0.25, -0.2) is 4.79 Å². The van der Waals surface area contributed by atoms with E-state index in [2.05, 4.69) is 13.8 Å². The quantitative estimate of drug-likeness (QED) is 0.668. The molecule has 1 fully saturated rings. The van der Waals surface area contributed by atoms with Crippen molar-refractivity contribution in [2.75, 3.05) is 26.2 Å². The summed E-state index contributed by atoms with van der Waals surface area (Å²) in [6.07, 6.45) is 4.86. The lowest BCUT2D eigenvalue weighted by molar-refractivity contribution is 0.159. The second-order valence-corrected chi connectivity index (χ2v) is 3.86. The van der Waals surface area contributed by atoms with E-state index in [-0.39, 0.29) is 6.03 Å². The van der Waals surface area contributed by atoms with Crippen molar-refractivity contribution in [2.45, 2.75) is 39.5 Å². The Morgan fingerprint density at radius 1 is 0.929 bits per heavy atom. The maximum atomic E-state index is 12.0. The minimum absolute atomic E-state index is 0.233. The number of nitrogens with zero attached hydrogens (tertiary/aromatic N) is 2. The summed E-state index contributed by atoms with van der Waals surface area (Å²) < 4.78 is 0. The van der Waals surface area contributed by atoms with Gasteiger partial charge in [-0.15, -0.1) is 0 Å². The van der Waals surface area contributed by atoms with Gasteiger partial charge in [-0.05, 0) is 26.7 Å². The zero-order chi connectivity index (χ0) is 10.4. The van der Waals surface area contributed by atoms with Crippen LogP contribution in [0.4, 0.5) is 4.79 Å². The van der Waals surface area contributed by atoms with Gasteiger partial charge in [0.25, 0.3) is 0 Å². The van der Waals surface area contributed by atoms with Crippen molar-refractivity contribution in [3.05, 3.63) is 0 Å². The molecule has 0 atom stereocenters. The van der Waals surface area contributed by atoms with Crippen molar-refractivity contribution in [1.29, 1.82) is 0 Å². The normalized spacial score (nSPS) is 20.3. The van der Waals surface area contributed by atoms with Gasteiger partial charge in [0.05, 0.1) is 0 Å². The maximum absolute atomic E-state index is 12.0. The number of hydrogen-bond acceptors (Lipinski definition) is 1. The molecule has 3 nitrogen and oxygen atoms in total. The van der Waals surface area contributed by atoms with Crippen LogP contribution in [0.3, 0.4) is 0 Å². The van der Waals surface area contributed by atoms with E-state index in [9.17, 15) is 4.79 Å². The molecular weight excluding hydrogens is 176 g/mol.